The van der Waals surface area contributed by atoms with Crippen LogP contribution < -0.4 is 18.9 Å². The molecule has 2 aromatic heterocycles. The molecule has 10 nitrogen and oxygen atoms in total. The Bertz CT molecular complexity index is 1700. The zero-order chi connectivity index (χ0) is 30.6. The minimum Gasteiger partial charge on any atom is -0.493 e. The predicted molar refractivity (Wildman–Crippen MR) is 153 cm³/mol. The molecule has 4 rings (SSSR count). The highest BCUT2D eigenvalue weighted by Gasteiger charge is 2.24. The number of Topliss-reactive ketones (excluding diaryl/α,β-unsaturated/α-hetero) is 2. The van der Waals surface area contributed by atoms with Crippen molar-refractivity contribution in [3.63, 3.8) is 0 Å². The number of carboxylic acid groups (broad SMARTS) is 1. The Morgan fingerprint density at radius 1 is 0.833 bits per heavy atom. The van der Waals surface area contributed by atoms with Gasteiger partial charge in [-0.25, -0.2) is 18.7 Å². The van der Waals surface area contributed by atoms with Crippen LogP contribution in [0.15, 0.2) is 24.3 Å². The van der Waals surface area contributed by atoms with Crippen LogP contribution in [0, 0.1) is 11.6 Å². The fraction of sp³-hybridized carbons (Fsp3) is 0.321. The molecule has 1 N–H and O–H groups in total. The first kappa shape index (κ1) is 30.8. The van der Waals surface area contributed by atoms with Crippen LogP contribution in [-0.2, 0) is 4.79 Å². The fourth-order valence-electron chi connectivity index (χ4n) is 3.84. The molecule has 0 aliphatic rings. The van der Waals surface area contributed by atoms with Gasteiger partial charge in [-0.1, -0.05) is 13.5 Å². The van der Waals surface area contributed by atoms with Crippen LogP contribution in [-0.4, -0.2) is 60.0 Å². The number of aliphatic carboxylic acids is 1. The van der Waals surface area contributed by atoms with Crippen LogP contribution in [0.3, 0.4) is 0 Å². The molecule has 0 fully saturated rings. The van der Waals surface area contributed by atoms with E-state index in [0.717, 1.165) is 22.7 Å². The van der Waals surface area contributed by atoms with E-state index >= 15 is 8.78 Å². The first-order valence-electron chi connectivity index (χ1n) is 12.6. The monoisotopic (exact) mass is 620 g/mol. The van der Waals surface area contributed by atoms with E-state index in [1.165, 1.54) is 26.4 Å². The fourth-order valence-corrected chi connectivity index (χ4v) is 5.76. The Morgan fingerprint density at radius 2 is 1.29 bits per heavy atom. The van der Waals surface area contributed by atoms with Gasteiger partial charge in [-0.2, -0.15) is 0 Å². The summed E-state index contributed by atoms with van der Waals surface area (Å²) >= 11 is 1.99. The van der Waals surface area contributed by atoms with Crippen molar-refractivity contribution in [1.82, 2.24) is 9.97 Å². The number of hydrogen-bond acceptors (Lipinski definition) is 11. The van der Waals surface area contributed by atoms with Crippen molar-refractivity contribution >= 4 is 60.6 Å². The van der Waals surface area contributed by atoms with Gasteiger partial charge in [0, 0.05) is 25.0 Å². The predicted octanol–water partition coefficient (Wildman–Crippen LogP) is 6.25. The highest BCUT2D eigenvalue weighted by atomic mass is 32.1. The van der Waals surface area contributed by atoms with Crippen molar-refractivity contribution in [1.29, 1.82) is 0 Å². The molecule has 0 aliphatic heterocycles. The van der Waals surface area contributed by atoms with Crippen molar-refractivity contribution in [2.75, 3.05) is 27.4 Å². The van der Waals surface area contributed by atoms with E-state index in [9.17, 15) is 14.4 Å². The molecular weight excluding hydrogens is 594 g/mol. The summed E-state index contributed by atoms with van der Waals surface area (Å²) in [6, 6.07) is 3.00. The summed E-state index contributed by atoms with van der Waals surface area (Å²) in [6.07, 6.45) is 0.304. The summed E-state index contributed by atoms with van der Waals surface area (Å²) in [7, 11) is 2.67. The van der Waals surface area contributed by atoms with E-state index < -0.39 is 23.4 Å². The second-order valence-electron chi connectivity index (χ2n) is 8.99. The zero-order valence-corrected chi connectivity index (χ0v) is 24.5. The third-order valence-electron chi connectivity index (χ3n) is 5.89. The van der Waals surface area contributed by atoms with Crippen molar-refractivity contribution in [2.24, 2.45) is 0 Å². The maximum Gasteiger partial charge on any atom is 0.303 e. The average Bonchev–Trinajstić information content (AvgIpc) is 3.60. The van der Waals surface area contributed by atoms with E-state index in [4.69, 9.17) is 24.1 Å². The molecule has 0 saturated heterocycles. The van der Waals surface area contributed by atoms with Crippen molar-refractivity contribution in [3.05, 3.63) is 45.9 Å². The molecule has 222 valence electrons. The normalized spacial score (nSPS) is 11.1. The van der Waals surface area contributed by atoms with E-state index in [1.54, 1.807) is 0 Å². The Balaban J connectivity index is 1.49. The summed E-state index contributed by atoms with van der Waals surface area (Å²) in [6.45, 7) is 5.24. The minimum atomic E-state index is -1.13. The van der Waals surface area contributed by atoms with Crippen LogP contribution in [0.2, 0.25) is 0 Å². The molecule has 0 aliphatic carbocycles. The first-order chi connectivity index (χ1) is 20.1. The number of thiazole rings is 2. The Morgan fingerprint density at radius 3 is 1.69 bits per heavy atom. The molecule has 0 unspecified atom stereocenters. The molecule has 14 heteroatoms. The van der Waals surface area contributed by atoms with Crippen LogP contribution in [0.1, 0.15) is 52.2 Å². The van der Waals surface area contributed by atoms with Gasteiger partial charge in [0.1, 0.15) is 24.2 Å². The van der Waals surface area contributed by atoms with E-state index in [2.05, 4.69) is 16.5 Å². The molecule has 0 amide bonds. The maximum atomic E-state index is 15.4. The maximum absolute atomic E-state index is 15.4. The number of carboxylic acids is 1. The van der Waals surface area contributed by atoms with Crippen LogP contribution in [0.4, 0.5) is 8.78 Å². The number of nitrogens with zero attached hydrogens (tertiary/aromatic N) is 2. The lowest BCUT2D eigenvalue weighted by atomic mass is 10.2. The number of ether oxygens (including phenoxy) is 4. The minimum absolute atomic E-state index is 0.0127. The van der Waals surface area contributed by atoms with Gasteiger partial charge in [-0.05, 0) is 12.0 Å². The van der Waals surface area contributed by atoms with Crippen LogP contribution in [0.25, 0.3) is 20.4 Å². The lowest BCUT2D eigenvalue weighted by Crippen LogP contribution is -2.11. The number of benzene rings is 2. The molecule has 2 heterocycles. The van der Waals surface area contributed by atoms with Crippen molar-refractivity contribution < 1.29 is 47.2 Å². The van der Waals surface area contributed by atoms with Gasteiger partial charge in [0.15, 0.2) is 56.2 Å². The van der Waals surface area contributed by atoms with E-state index in [1.807, 2.05) is 6.92 Å². The summed E-state index contributed by atoms with van der Waals surface area (Å²) < 4.78 is 53.3. The molecule has 0 radical (unpaired) electrons. The van der Waals surface area contributed by atoms with Gasteiger partial charge in [0.25, 0.3) is 0 Å². The lowest BCUT2D eigenvalue weighted by molar-refractivity contribution is -0.136. The number of halogens is 2. The Kier molecular flexibility index (Phi) is 9.68. The number of ketones is 2. The number of methoxy groups -OCH3 is 2. The molecular formula is C28H26F2N2O8S2. The van der Waals surface area contributed by atoms with Crippen molar-refractivity contribution in [2.45, 2.75) is 32.6 Å². The van der Waals surface area contributed by atoms with Gasteiger partial charge in [0.05, 0.1) is 30.0 Å². The largest absolute Gasteiger partial charge is 0.493 e. The molecule has 0 spiro atoms. The Labute approximate surface area is 246 Å². The quantitative estimate of drug-likeness (QED) is 0.120. The number of aromatic nitrogens is 2. The second kappa shape index (κ2) is 13.2. The van der Waals surface area contributed by atoms with Gasteiger partial charge < -0.3 is 24.1 Å². The lowest BCUT2D eigenvalue weighted by Gasteiger charge is -2.15. The van der Waals surface area contributed by atoms with Gasteiger partial charge >= 0.3 is 5.97 Å². The Hall–Kier alpha value is -4.17. The SMILES string of the molecule is C=C(COc1c(OC)cc2sc(C(=O)CCC)nc2c1F)COc1c(OC)cc2sc(C(=O)CCC(=O)O)nc2c1F. The highest BCUT2D eigenvalue weighted by molar-refractivity contribution is 7.20. The van der Waals surface area contributed by atoms with Gasteiger partial charge in [0.2, 0.25) is 0 Å². The third-order valence-corrected chi connectivity index (χ3v) is 7.98. The zero-order valence-electron chi connectivity index (χ0n) is 22.9. The van der Waals surface area contributed by atoms with Gasteiger partial charge in [-0.3, -0.25) is 14.4 Å². The molecule has 0 bridgehead atoms. The summed E-state index contributed by atoms with van der Waals surface area (Å²) in [5, 5.41) is 8.98. The number of rotatable bonds is 15. The van der Waals surface area contributed by atoms with Crippen molar-refractivity contribution in [3.8, 4) is 23.0 Å². The molecule has 2 aromatic carbocycles. The van der Waals surface area contributed by atoms with Gasteiger partial charge in [-0.15, -0.1) is 22.7 Å². The second-order valence-corrected chi connectivity index (χ2v) is 11.1. The smallest absolute Gasteiger partial charge is 0.303 e. The van der Waals surface area contributed by atoms with Crippen LogP contribution in [0.5, 0.6) is 23.0 Å². The summed E-state index contributed by atoms with van der Waals surface area (Å²) in [4.78, 5) is 43.5. The molecule has 0 saturated carbocycles. The molecule has 4 aromatic rings. The molecule has 42 heavy (non-hydrogen) atoms. The topological polar surface area (TPSA) is 134 Å². The summed E-state index contributed by atoms with van der Waals surface area (Å²) in [5.41, 5.74) is 0.163. The number of carbonyl (C=O) groups is 3. The molecule has 0 atom stereocenters. The number of fused-ring (bicyclic) bond motifs is 2. The first-order valence-corrected chi connectivity index (χ1v) is 14.3. The highest BCUT2D eigenvalue weighted by Crippen LogP contribution is 2.40. The third kappa shape index (κ3) is 6.49. The number of carbonyl (C=O) groups excluding carboxylic acids is 2. The average molecular weight is 621 g/mol. The van der Waals surface area contributed by atoms with E-state index in [0.29, 0.717) is 27.8 Å². The van der Waals surface area contributed by atoms with Crippen LogP contribution >= 0.6 is 22.7 Å². The summed E-state index contributed by atoms with van der Waals surface area (Å²) in [5.74, 6) is -3.86. The number of hydrogen-bond donors (Lipinski definition) is 1. The standard InChI is InChI=1S/C28H26F2N2O8S2/c1-5-6-14(33)27-31-23-18(41-27)9-16(37-3)25(21(23)29)39-11-13(2)12-40-26-17(38-4)10-19-24(22(26)30)32-28(42-19)15(34)7-8-20(35)36/h9-10H,2,5-8,11-12H2,1,3-4H3,(H,35,36). The van der Waals surface area contributed by atoms with E-state index in [-0.39, 0.29) is 75.9 Å².